The van der Waals surface area contributed by atoms with Crippen molar-refractivity contribution in [2.75, 3.05) is 0 Å². The van der Waals surface area contributed by atoms with Gasteiger partial charge in [-0.2, -0.15) is 0 Å². The number of benzene rings is 1. The smallest absolute Gasteiger partial charge is 0.491 e. The van der Waals surface area contributed by atoms with Crippen molar-refractivity contribution in [3.05, 3.63) is 23.8 Å². The van der Waals surface area contributed by atoms with E-state index in [1.54, 1.807) is 0 Å². The highest BCUT2D eigenvalue weighted by Crippen LogP contribution is 2.37. The maximum Gasteiger partial charge on any atom is 0.491 e. The van der Waals surface area contributed by atoms with Crippen molar-refractivity contribution >= 4 is 20.9 Å². The second kappa shape index (κ2) is 5.22. The molecule has 0 aliphatic rings. The molecule has 0 fully saturated rings. The predicted molar refractivity (Wildman–Crippen MR) is 74.0 cm³/mol. The number of hydrogen-bond acceptors (Lipinski definition) is 3. The molecule has 19 heavy (non-hydrogen) atoms. The van der Waals surface area contributed by atoms with Gasteiger partial charge in [-0.3, -0.25) is 0 Å². The van der Waals surface area contributed by atoms with Crippen molar-refractivity contribution in [2.24, 2.45) is 0 Å². The van der Waals surface area contributed by atoms with Crippen LogP contribution in [0.15, 0.2) is 12.1 Å². The highest BCUT2D eigenvalue weighted by atomic mass is 28.4. The molecule has 7 heteroatoms. The zero-order valence-electron chi connectivity index (χ0n) is 11.8. The molecule has 0 heterocycles. The molecule has 1 aromatic carbocycles. The maximum atomic E-state index is 13.8. The van der Waals surface area contributed by atoms with E-state index in [1.807, 2.05) is 33.9 Å². The summed E-state index contributed by atoms with van der Waals surface area (Å²) in [7, 11) is -4.32. The second-order valence-corrected chi connectivity index (χ2v) is 10.8. The Hall–Kier alpha value is -0.918. The van der Waals surface area contributed by atoms with Gasteiger partial charge in [-0.1, -0.05) is 20.8 Å². The third-order valence-electron chi connectivity index (χ3n) is 3.50. The molecule has 0 saturated heterocycles. The topological polar surface area (TPSA) is 49.7 Å². The molecule has 0 radical (unpaired) electrons. The van der Waals surface area contributed by atoms with E-state index in [2.05, 4.69) is 0 Å². The lowest BCUT2D eigenvalue weighted by molar-refractivity contribution is 0.420. The van der Waals surface area contributed by atoms with Gasteiger partial charge in [-0.05, 0) is 24.2 Å². The third kappa shape index (κ3) is 3.55. The van der Waals surface area contributed by atoms with Gasteiger partial charge in [0.2, 0.25) is 0 Å². The van der Waals surface area contributed by atoms with Crippen LogP contribution in [0.25, 0.3) is 0 Å². The van der Waals surface area contributed by atoms with Crippen LogP contribution in [-0.2, 0) is 0 Å². The summed E-state index contributed by atoms with van der Waals surface area (Å²) in [6, 6.07) is 1.62. The Morgan fingerprint density at radius 3 is 2.05 bits per heavy atom. The fraction of sp³-hybridized carbons (Fsp3) is 0.500. The molecule has 0 unspecified atom stereocenters. The first kappa shape index (κ1) is 16.1. The lowest BCUT2D eigenvalue weighted by Gasteiger charge is -2.36. The summed E-state index contributed by atoms with van der Waals surface area (Å²) in [6.07, 6.45) is 0. The van der Waals surface area contributed by atoms with Gasteiger partial charge in [-0.25, -0.2) is 8.78 Å². The normalized spacial score (nSPS) is 12.5. The second-order valence-electron chi connectivity index (χ2n) is 6.04. The average molecular weight is 288 g/mol. The average Bonchev–Trinajstić information content (AvgIpc) is 2.20. The van der Waals surface area contributed by atoms with Gasteiger partial charge in [-0.15, -0.1) is 0 Å². The van der Waals surface area contributed by atoms with Crippen molar-refractivity contribution in [3.8, 4) is 5.75 Å². The molecule has 0 aliphatic heterocycles. The molecule has 0 aromatic heterocycles. The highest BCUT2D eigenvalue weighted by Gasteiger charge is 2.39. The van der Waals surface area contributed by atoms with Crippen LogP contribution in [0.3, 0.4) is 0 Å². The molecule has 0 saturated carbocycles. The van der Waals surface area contributed by atoms with E-state index in [1.165, 1.54) is 0 Å². The standard InChI is InChI=1S/C12H19BF2O3Si/c1-12(2,3)19(4,5)18-11-7-9(14)8(13(16)17)6-10(11)15/h6-7,16-17H,1-5H3. The molecule has 106 valence electrons. The van der Waals surface area contributed by atoms with Crippen LogP contribution in [0, 0.1) is 11.6 Å². The fourth-order valence-electron chi connectivity index (χ4n) is 1.25. The zero-order chi connectivity index (χ0) is 15.0. The fourth-order valence-corrected chi connectivity index (χ4v) is 2.26. The lowest BCUT2D eigenvalue weighted by Crippen LogP contribution is -2.44. The van der Waals surface area contributed by atoms with Crippen molar-refractivity contribution < 1.29 is 23.3 Å². The van der Waals surface area contributed by atoms with Gasteiger partial charge in [0.15, 0.2) is 5.82 Å². The Kier molecular flexibility index (Phi) is 4.44. The first-order valence-electron chi connectivity index (χ1n) is 6.00. The molecule has 3 nitrogen and oxygen atoms in total. The van der Waals surface area contributed by atoms with E-state index < -0.39 is 32.5 Å². The summed E-state index contributed by atoms with van der Waals surface area (Å²) < 4.78 is 33.1. The van der Waals surface area contributed by atoms with Gasteiger partial charge in [0.1, 0.15) is 11.6 Å². The summed E-state index contributed by atoms with van der Waals surface area (Å²) in [5.74, 6) is -1.88. The number of rotatable bonds is 3. The summed E-state index contributed by atoms with van der Waals surface area (Å²) in [6.45, 7) is 9.79. The summed E-state index contributed by atoms with van der Waals surface area (Å²) in [5, 5.41) is 17.6. The zero-order valence-corrected chi connectivity index (χ0v) is 12.8. The Balaban J connectivity index is 3.14. The molecule has 1 aromatic rings. The first-order chi connectivity index (χ1) is 8.45. The summed E-state index contributed by atoms with van der Waals surface area (Å²) in [5.41, 5.74) is -0.500. The van der Waals surface area contributed by atoms with Crippen LogP contribution in [0.1, 0.15) is 20.8 Å². The molecule has 0 aliphatic carbocycles. The maximum absolute atomic E-state index is 13.8. The van der Waals surface area contributed by atoms with E-state index in [-0.39, 0.29) is 10.8 Å². The van der Waals surface area contributed by atoms with Crippen molar-refractivity contribution in [1.29, 1.82) is 0 Å². The van der Waals surface area contributed by atoms with E-state index in [4.69, 9.17) is 14.5 Å². The minimum absolute atomic E-state index is 0.148. The Morgan fingerprint density at radius 2 is 1.63 bits per heavy atom. The predicted octanol–water partition coefficient (Wildman–Crippen LogP) is 2.03. The van der Waals surface area contributed by atoms with Crippen molar-refractivity contribution in [1.82, 2.24) is 0 Å². The highest BCUT2D eigenvalue weighted by molar-refractivity contribution is 6.74. The third-order valence-corrected chi connectivity index (χ3v) is 7.84. The van der Waals surface area contributed by atoms with E-state index in [0.717, 1.165) is 12.1 Å². The summed E-state index contributed by atoms with van der Waals surface area (Å²) >= 11 is 0. The Morgan fingerprint density at radius 1 is 1.11 bits per heavy atom. The molecule has 0 amide bonds. The molecule has 0 bridgehead atoms. The first-order valence-corrected chi connectivity index (χ1v) is 8.90. The Labute approximate surface area is 113 Å². The molecular formula is C12H19BF2O3Si. The van der Waals surface area contributed by atoms with Crippen LogP contribution < -0.4 is 9.89 Å². The minimum atomic E-state index is -2.28. The van der Waals surface area contributed by atoms with Crippen LogP contribution in [-0.4, -0.2) is 25.5 Å². The molecule has 0 atom stereocenters. The molecule has 1 rings (SSSR count). The van der Waals surface area contributed by atoms with Gasteiger partial charge in [0, 0.05) is 11.5 Å². The van der Waals surface area contributed by atoms with Gasteiger partial charge >= 0.3 is 7.12 Å². The summed E-state index contributed by atoms with van der Waals surface area (Å²) in [4.78, 5) is 0. The number of hydrogen-bond donors (Lipinski definition) is 2. The van der Waals surface area contributed by atoms with E-state index in [9.17, 15) is 8.78 Å². The quantitative estimate of drug-likeness (QED) is 0.837. The monoisotopic (exact) mass is 288 g/mol. The van der Waals surface area contributed by atoms with Crippen LogP contribution in [0.2, 0.25) is 18.1 Å². The van der Waals surface area contributed by atoms with Gasteiger partial charge < -0.3 is 14.5 Å². The van der Waals surface area contributed by atoms with E-state index >= 15 is 0 Å². The van der Waals surface area contributed by atoms with Gasteiger partial charge in [0.25, 0.3) is 8.32 Å². The lowest BCUT2D eigenvalue weighted by atomic mass is 9.80. The van der Waals surface area contributed by atoms with Crippen LogP contribution >= 0.6 is 0 Å². The van der Waals surface area contributed by atoms with Crippen LogP contribution in [0.4, 0.5) is 8.78 Å². The Bertz CT molecular complexity index is 473. The van der Waals surface area contributed by atoms with Crippen LogP contribution in [0.5, 0.6) is 5.75 Å². The van der Waals surface area contributed by atoms with Gasteiger partial charge in [0.05, 0.1) is 0 Å². The molecule has 0 spiro atoms. The van der Waals surface area contributed by atoms with E-state index in [0.29, 0.717) is 0 Å². The largest absolute Gasteiger partial charge is 0.541 e. The SMILES string of the molecule is CC(C)(C)[Si](C)(C)Oc1cc(F)c(B(O)O)cc1F. The molecule has 2 N–H and O–H groups in total. The molecular weight excluding hydrogens is 269 g/mol. The van der Waals surface area contributed by atoms with Crippen molar-refractivity contribution in [3.63, 3.8) is 0 Å². The minimum Gasteiger partial charge on any atom is -0.541 e. The number of halogens is 2. The van der Waals surface area contributed by atoms with Crippen molar-refractivity contribution in [2.45, 2.75) is 38.9 Å².